The average Bonchev–Trinajstić information content (AvgIpc) is 3.08. The molecule has 2 aromatic carbocycles. The Hall–Kier alpha value is -2.53. The first-order valence-corrected chi connectivity index (χ1v) is 10.00. The Bertz CT molecular complexity index is 1020. The molecule has 0 atom stereocenters. The van der Waals surface area contributed by atoms with Crippen LogP contribution in [0, 0.1) is 5.92 Å². The molecule has 3 aromatic rings. The lowest BCUT2D eigenvalue weighted by atomic mass is 9.99. The molecule has 1 heterocycles. The lowest BCUT2D eigenvalue weighted by Gasteiger charge is -2.11. The number of hydrogen-bond acceptors (Lipinski definition) is 3. The van der Waals surface area contributed by atoms with Gasteiger partial charge in [0.05, 0.1) is 13.4 Å². The molecule has 3 rings (SSSR count). The fraction of sp³-hybridized carbons (Fsp3) is 0.261. The summed E-state index contributed by atoms with van der Waals surface area (Å²) in [6, 6.07) is 12.0. The Morgan fingerprint density at radius 3 is 2.61 bits per heavy atom. The van der Waals surface area contributed by atoms with E-state index in [4.69, 9.17) is 9.15 Å². The quantitative estimate of drug-likeness (QED) is 0.473. The molecule has 0 radical (unpaired) electrons. The lowest BCUT2D eigenvalue weighted by molar-refractivity contribution is -0.116. The molecule has 1 N–H and O–H groups in total. The number of amides is 1. The monoisotopic (exact) mass is 441 g/mol. The van der Waals surface area contributed by atoms with Gasteiger partial charge in [0.2, 0.25) is 5.91 Å². The highest BCUT2D eigenvalue weighted by Crippen LogP contribution is 2.37. The molecule has 28 heavy (non-hydrogen) atoms. The number of hydrogen-bond donors (Lipinski definition) is 1. The second kappa shape index (κ2) is 8.65. The summed E-state index contributed by atoms with van der Waals surface area (Å²) in [6.45, 7) is 6.69. The van der Waals surface area contributed by atoms with Crippen LogP contribution in [0.25, 0.3) is 27.7 Å². The number of methoxy groups -OCH3 is 1. The molecule has 0 saturated carbocycles. The molecule has 0 spiro atoms. The Labute approximate surface area is 173 Å². The normalized spacial score (nSPS) is 11.9. The van der Waals surface area contributed by atoms with Gasteiger partial charge in [0.15, 0.2) is 0 Å². The van der Waals surface area contributed by atoms with E-state index in [1.165, 1.54) is 0 Å². The van der Waals surface area contributed by atoms with E-state index in [1.807, 2.05) is 43.3 Å². The molecular formula is C23H24BrNO3. The van der Waals surface area contributed by atoms with Crippen molar-refractivity contribution in [1.82, 2.24) is 5.32 Å². The van der Waals surface area contributed by atoms with Gasteiger partial charge in [0, 0.05) is 39.7 Å². The number of benzene rings is 2. The van der Waals surface area contributed by atoms with Gasteiger partial charge in [-0.05, 0) is 42.2 Å². The highest BCUT2D eigenvalue weighted by atomic mass is 79.9. The Morgan fingerprint density at radius 2 is 1.96 bits per heavy atom. The van der Waals surface area contributed by atoms with Crippen molar-refractivity contribution in [3.8, 4) is 16.9 Å². The number of rotatable bonds is 6. The maximum Gasteiger partial charge on any atom is 0.244 e. The first kappa shape index (κ1) is 20.2. The number of nitrogens with one attached hydrogen (secondary N) is 1. The summed E-state index contributed by atoms with van der Waals surface area (Å²) >= 11 is 3.47. The fourth-order valence-electron chi connectivity index (χ4n) is 3.02. The van der Waals surface area contributed by atoms with Gasteiger partial charge in [-0.25, -0.2) is 0 Å². The van der Waals surface area contributed by atoms with E-state index in [9.17, 15) is 4.79 Å². The highest BCUT2D eigenvalue weighted by molar-refractivity contribution is 9.10. The smallest absolute Gasteiger partial charge is 0.244 e. The largest absolute Gasteiger partial charge is 0.496 e. The van der Waals surface area contributed by atoms with Crippen molar-refractivity contribution >= 4 is 38.4 Å². The van der Waals surface area contributed by atoms with Crippen LogP contribution < -0.4 is 10.1 Å². The van der Waals surface area contributed by atoms with Crippen molar-refractivity contribution in [2.45, 2.75) is 20.8 Å². The van der Waals surface area contributed by atoms with Crippen molar-refractivity contribution in [2.75, 3.05) is 13.7 Å². The second-order valence-electron chi connectivity index (χ2n) is 7.17. The molecule has 0 aliphatic rings. The number of allylic oxidation sites excluding steroid dienone is 1. The van der Waals surface area contributed by atoms with Crippen LogP contribution in [0.4, 0.5) is 0 Å². The zero-order valence-electron chi connectivity index (χ0n) is 16.5. The van der Waals surface area contributed by atoms with Crippen molar-refractivity contribution in [2.24, 2.45) is 5.92 Å². The fourth-order valence-corrected chi connectivity index (χ4v) is 3.28. The third kappa shape index (κ3) is 4.47. The minimum atomic E-state index is -0.103. The van der Waals surface area contributed by atoms with Gasteiger partial charge < -0.3 is 14.5 Å². The summed E-state index contributed by atoms with van der Waals surface area (Å²) in [6.07, 6.45) is 3.37. The Morgan fingerprint density at radius 1 is 1.25 bits per heavy atom. The SMILES string of the molecule is COc1cc2occ(-c3ccc(Br)cc3)c2cc1/C(C)=C/C(=O)NCC(C)C. The molecule has 4 nitrogen and oxygen atoms in total. The topological polar surface area (TPSA) is 51.5 Å². The summed E-state index contributed by atoms with van der Waals surface area (Å²) in [5.74, 6) is 0.978. The van der Waals surface area contributed by atoms with E-state index in [0.29, 0.717) is 18.2 Å². The minimum Gasteiger partial charge on any atom is -0.496 e. The highest BCUT2D eigenvalue weighted by Gasteiger charge is 2.15. The maximum atomic E-state index is 12.2. The summed E-state index contributed by atoms with van der Waals surface area (Å²) in [7, 11) is 1.62. The van der Waals surface area contributed by atoms with Gasteiger partial charge >= 0.3 is 0 Å². The van der Waals surface area contributed by atoms with Crippen LogP contribution in [0.5, 0.6) is 5.75 Å². The predicted molar refractivity (Wildman–Crippen MR) is 117 cm³/mol. The summed E-state index contributed by atoms with van der Waals surface area (Å²) in [5, 5.41) is 3.90. The van der Waals surface area contributed by atoms with Gasteiger partial charge in [0.25, 0.3) is 0 Å². The van der Waals surface area contributed by atoms with E-state index >= 15 is 0 Å². The summed E-state index contributed by atoms with van der Waals surface area (Å²) < 4.78 is 12.3. The molecular weight excluding hydrogens is 418 g/mol. The zero-order valence-corrected chi connectivity index (χ0v) is 18.1. The number of carbonyl (C=O) groups excluding carboxylic acids is 1. The standard InChI is InChI=1S/C23H24BrNO3/c1-14(2)12-25-23(26)9-15(3)18-10-19-20(16-5-7-17(24)8-6-16)13-28-22(19)11-21(18)27-4/h5-11,13-14H,12H2,1-4H3,(H,25,26)/b15-9+. The van der Waals surface area contributed by atoms with E-state index in [-0.39, 0.29) is 5.91 Å². The van der Waals surface area contributed by atoms with Crippen molar-refractivity contribution in [1.29, 1.82) is 0 Å². The summed E-state index contributed by atoms with van der Waals surface area (Å²) in [5.41, 5.74) is 4.52. The average molecular weight is 442 g/mol. The summed E-state index contributed by atoms with van der Waals surface area (Å²) in [4.78, 5) is 12.2. The molecule has 1 aromatic heterocycles. The second-order valence-corrected chi connectivity index (χ2v) is 8.09. The van der Waals surface area contributed by atoms with Crippen LogP contribution in [-0.4, -0.2) is 19.6 Å². The molecule has 0 fully saturated rings. The van der Waals surface area contributed by atoms with Crippen LogP contribution in [-0.2, 0) is 4.79 Å². The van der Waals surface area contributed by atoms with Crippen molar-refractivity contribution in [3.63, 3.8) is 0 Å². The van der Waals surface area contributed by atoms with Gasteiger partial charge in [-0.15, -0.1) is 0 Å². The zero-order chi connectivity index (χ0) is 20.3. The van der Waals surface area contributed by atoms with Gasteiger partial charge in [-0.1, -0.05) is 41.9 Å². The number of carbonyl (C=O) groups is 1. The van der Waals surface area contributed by atoms with E-state index < -0.39 is 0 Å². The number of ether oxygens (including phenoxy) is 1. The molecule has 1 amide bonds. The molecule has 0 aliphatic carbocycles. The molecule has 146 valence electrons. The van der Waals surface area contributed by atoms with Crippen molar-refractivity contribution in [3.05, 3.63) is 58.8 Å². The van der Waals surface area contributed by atoms with Crippen LogP contribution in [0.1, 0.15) is 26.3 Å². The van der Waals surface area contributed by atoms with E-state index in [0.717, 1.165) is 37.7 Å². The van der Waals surface area contributed by atoms with Crippen LogP contribution in [0.3, 0.4) is 0 Å². The molecule has 5 heteroatoms. The Kier molecular flexibility index (Phi) is 6.25. The predicted octanol–water partition coefficient (Wildman–Crippen LogP) is 6.05. The molecule has 0 unspecified atom stereocenters. The molecule has 0 bridgehead atoms. The van der Waals surface area contributed by atoms with Crippen LogP contribution in [0.15, 0.2) is 57.6 Å². The van der Waals surface area contributed by atoms with Gasteiger partial charge in [-0.2, -0.15) is 0 Å². The lowest BCUT2D eigenvalue weighted by Crippen LogP contribution is -2.25. The van der Waals surface area contributed by atoms with Crippen LogP contribution in [0.2, 0.25) is 0 Å². The van der Waals surface area contributed by atoms with Gasteiger partial charge in [-0.3, -0.25) is 4.79 Å². The minimum absolute atomic E-state index is 0.103. The third-order valence-electron chi connectivity index (χ3n) is 4.51. The molecule has 0 saturated heterocycles. The Balaban J connectivity index is 2.02. The number of fused-ring (bicyclic) bond motifs is 1. The first-order chi connectivity index (χ1) is 13.4. The van der Waals surface area contributed by atoms with Gasteiger partial charge in [0.1, 0.15) is 11.3 Å². The first-order valence-electron chi connectivity index (χ1n) is 9.20. The number of halogens is 1. The van der Waals surface area contributed by atoms with E-state index in [1.54, 1.807) is 19.4 Å². The molecule has 0 aliphatic heterocycles. The number of furan rings is 1. The van der Waals surface area contributed by atoms with Crippen LogP contribution >= 0.6 is 15.9 Å². The maximum absolute atomic E-state index is 12.2. The van der Waals surface area contributed by atoms with E-state index in [2.05, 4.69) is 35.1 Å². The van der Waals surface area contributed by atoms with Crippen molar-refractivity contribution < 1.29 is 13.9 Å². The third-order valence-corrected chi connectivity index (χ3v) is 5.04.